The standard InChI is InChI=1S/C44H61F2N7O8/c1-26(2)38(51-41(58)34(49-28(4)55)15-11-12-19-47)42(59)48-27(3)40(57)50-35(43(60)61)18-20-53(37(56)25-54)39(44(5,6)7)36-21-30(32-22-31(45)16-17-33(32)46)24-52(36)23-29-13-9-8-10-14-29/h8-10,13-14,16-17,21-22,24,26-27,34-35,38-39,54H,11-12,15,18-20,23,25,47H2,1-7H3,(H,48,59)(H,49,55)(H,50,57)(H,51,58)(H,60,61)/t27-,34-,35-,38?,39-/m0/s1. The molecule has 1 heterocycles. The van der Waals surface area contributed by atoms with Crippen molar-refractivity contribution >= 4 is 35.5 Å². The quantitative estimate of drug-likeness (QED) is 0.0732. The van der Waals surface area contributed by atoms with Crippen LogP contribution in [0.2, 0.25) is 0 Å². The first-order valence-corrected chi connectivity index (χ1v) is 20.4. The number of nitrogens with two attached hydrogens (primary N) is 1. The molecule has 2 aromatic carbocycles. The minimum absolute atomic E-state index is 0.00905. The summed E-state index contributed by atoms with van der Waals surface area (Å²) in [5.41, 5.74) is 6.46. The molecule has 3 rings (SSSR count). The molecule has 334 valence electrons. The van der Waals surface area contributed by atoms with Crippen molar-refractivity contribution in [2.75, 3.05) is 19.7 Å². The van der Waals surface area contributed by atoms with E-state index in [4.69, 9.17) is 5.73 Å². The number of carboxylic acid groups (broad SMARTS) is 1. The van der Waals surface area contributed by atoms with Crippen LogP contribution in [0.15, 0.2) is 60.8 Å². The summed E-state index contributed by atoms with van der Waals surface area (Å²) in [6, 6.07) is 8.31. The minimum atomic E-state index is -1.57. The number of carbonyl (C=O) groups excluding carboxylic acids is 5. The zero-order valence-corrected chi connectivity index (χ0v) is 36.0. The molecular weight excluding hydrogens is 793 g/mol. The molecular formula is C44H61F2N7O8. The molecule has 17 heteroatoms. The number of unbranched alkanes of at least 4 members (excludes halogenated alkanes) is 1. The van der Waals surface area contributed by atoms with Crippen LogP contribution in [0, 0.1) is 23.0 Å². The van der Waals surface area contributed by atoms with Gasteiger partial charge in [-0.3, -0.25) is 24.0 Å². The molecule has 0 bridgehead atoms. The molecule has 5 atom stereocenters. The molecule has 1 aromatic heterocycles. The molecule has 0 saturated carbocycles. The fraction of sp³-hybridized carbons (Fsp3) is 0.500. The predicted molar refractivity (Wildman–Crippen MR) is 225 cm³/mol. The summed E-state index contributed by atoms with van der Waals surface area (Å²) in [4.78, 5) is 79.3. The number of aliphatic hydroxyl groups is 1. The number of carboxylic acids is 1. The number of halogens is 2. The second-order valence-corrected chi connectivity index (χ2v) is 16.6. The Hall–Kier alpha value is -5.68. The predicted octanol–water partition coefficient (Wildman–Crippen LogP) is 3.63. The molecule has 3 aromatic rings. The van der Waals surface area contributed by atoms with Crippen LogP contribution in [0.1, 0.15) is 91.4 Å². The van der Waals surface area contributed by atoms with Gasteiger partial charge in [0.1, 0.15) is 42.4 Å². The molecule has 0 saturated heterocycles. The highest BCUT2D eigenvalue weighted by Crippen LogP contribution is 2.41. The second kappa shape index (κ2) is 22.8. The van der Waals surface area contributed by atoms with Crippen molar-refractivity contribution in [1.29, 1.82) is 0 Å². The van der Waals surface area contributed by atoms with E-state index in [1.807, 2.05) is 51.1 Å². The maximum absolute atomic E-state index is 15.1. The number of carbonyl (C=O) groups is 6. The van der Waals surface area contributed by atoms with Crippen molar-refractivity contribution in [3.05, 3.63) is 83.7 Å². The molecule has 1 unspecified atom stereocenters. The lowest BCUT2D eigenvalue weighted by Crippen LogP contribution is -2.58. The average molecular weight is 854 g/mol. The lowest BCUT2D eigenvalue weighted by atomic mass is 9.82. The number of nitrogens with zero attached hydrogens (tertiary/aromatic N) is 2. The fourth-order valence-corrected chi connectivity index (χ4v) is 7.09. The van der Waals surface area contributed by atoms with E-state index in [1.165, 1.54) is 18.7 Å². The highest BCUT2D eigenvalue weighted by atomic mass is 19.1. The monoisotopic (exact) mass is 853 g/mol. The summed E-state index contributed by atoms with van der Waals surface area (Å²) in [5.74, 6) is -6.55. The number of rotatable bonds is 22. The smallest absolute Gasteiger partial charge is 0.326 e. The average Bonchev–Trinajstić information content (AvgIpc) is 3.59. The van der Waals surface area contributed by atoms with Crippen LogP contribution in [0.5, 0.6) is 0 Å². The van der Waals surface area contributed by atoms with Crippen molar-refractivity contribution < 1.29 is 47.8 Å². The summed E-state index contributed by atoms with van der Waals surface area (Å²) in [6.07, 6.45) is 2.79. The molecule has 5 amide bonds. The first kappa shape index (κ1) is 49.7. The van der Waals surface area contributed by atoms with Gasteiger partial charge in [0.2, 0.25) is 29.5 Å². The van der Waals surface area contributed by atoms with Gasteiger partial charge in [0.05, 0.1) is 6.04 Å². The van der Waals surface area contributed by atoms with Crippen LogP contribution in [0.25, 0.3) is 11.1 Å². The van der Waals surface area contributed by atoms with Gasteiger partial charge in [-0.25, -0.2) is 13.6 Å². The summed E-state index contributed by atoms with van der Waals surface area (Å²) in [6.45, 7) is 11.0. The Morgan fingerprint density at radius 2 is 1.51 bits per heavy atom. The van der Waals surface area contributed by atoms with Gasteiger partial charge in [-0.05, 0) is 80.3 Å². The first-order valence-electron chi connectivity index (χ1n) is 20.4. The number of aliphatic carboxylic acids is 1. The lowest BCUT2D eigenvalue weighted by molar-refractivity contribution is -0.144. The molecule has 0 radical (unpaired) electrons. The number of hydrogen-bond donors (Lipinski definition) is 7. The zero-order valence-electron chi connectivity index (χ0n) is 36.0. The Balaban J connectivity index is 1.88. The fourth-order valence-electron chi connectivity index (χ4n) is 7.09. The molecule has 0 aliphatic carbocycles. The summed E-state index contributed by atoms with van der Waals surface area (Å²) in [7, 11) is 0. The van der Waals surface area contributed by atoms with E-state index in [2.05, 4.69) is 21.3 Å². The molecule has 61 heavy (non-hydrogen) atoms. The molecule has 0 spiro atoms. The molecule has 15 nitrogen and oxygen atoms in total. The van der Waals surface area contributed by atoms with E-state index < -0.39 is 95.3 Å². The third-order valence-electron chi connectivity index (χ3n) is 10.1. The van der Waals surface area contributed by atoms with E-state index in [9.17, 15) is 43.4 Å². The van der Waals surface area contributed by atoms with Crippen molar-refractivity contribution in [2.45, 2.75) is 111 Å². The second-order valence-electron chi connectivity index (χ2n) is 16.6. The van der Waals surface area contributed by atoms with Gasteiger partial charge in [-0.2, -0.15) is 0 Å². The van der Waals surface area contributed by atoms with Crippen LogP contribution in [-0.2, 0) is 35.3 Å². The first-order chi connectivity index (χ1) is 28.7. The SMILES string of the molecule is CC(=O)N[C@@H](CCCCN)C(=O)NC(C(=O)N[C@@H](C)C(=O)N[C@@H](CCN(C(=O)CO)[C@@H](c1cc(-c2cc(F)ccc2F)cn1Cc1ccccc1)C(C)(C)C)C(=O)O)C(C)C. The van der Waals surface area contributed by atoms with Gasteiger partial charge in [0.25, 0.3) is 0 Å². The van der Waals surface area contributed by atoms with E-state index >= 15 is 4.39 Å². The number of amides is 5. The molecule has 0 aliphatic rings. The topological polar surface area (TPSA) is 225 Å². The zero-order chi connectivity index (χ0) is 45.6. The van der Waals surface area contributed by atoms with Crippen molar-refractivity contribution in [3.8, 4) is 11.1 Å². The van der Waals surface area contributed by atoms with Crippen LogP contribution in [0.4, 0.5) is 8.78 Å². The van der Waals surface area contributed by atoms with Gasteiger partial charge >= 0.3 is 5.97 Å². The van der Waals surface area contributed by atoms with Crippen molar-refractivity contribution in [1.82, 2.24) is 30.7 Å². The van der Waals surface area contributed by atoms with E-state index in [-0.39, 0.29) is 25.1 Å². The van der Waals surface area contributed by atoms with Crippen LogP contribution < -0.4 is 27.0 Å². The summed E-state index contributed by atoms with van der Waals surface area (Å²) >= 11 is 0. The Bertz CT molecular complexity index is 1990. The highest BCUT2D eigenvalue weighted by molar-refractivity contribution is 5.95. The normalized spacial score (nSPS) is 14.0. The Labute approximate surface area is 355 Å². The van der Waals surface area contributed by atoms with Crippen LogP contribution >= 0.6 is 0 Å². The van der Waals surface area contributed by atoms with Crippen molar-refractivity contribution in [3.63, 3.8) is 0 Å². The highest BCUT2D eigenvalue weighted by Gasteiger charge is 2.38. The third kappa shape index (κ3) is 14.5. The summed E-state index contributed by atoms with van der Waals surface area (Å²) in [5, 5.41) is 30.6. The molecule has 0 aliphatic heterocycles. The van der Waals surface area contributed by atoms with Gasteiger partial charge in [-0.15, -0.1) is 0 Å². The number of benzene rings is 2. The van der Waals surface area contributed by atoms with Gasteiger partial charge in [-0.1, -0.05) is 65.0 Å². The largest absolute Gasteiger partial charge is 0.480 e. The van der Waals surface area contributed by atoms with Crippen LogP contribution in [-0.4, -0.2) is 99.0 Å². The van der Waals surface area contributed by atoms with Gasteiger partial charge in [0, 0.05) is 43.0 Å². The Morgan fingerprint density at radius 1 is 0.836 bits per heavy atom. The number of hydrogen-bond acceptors (Lipinski definition) is 8. The number of aromatic nitrogens is 1. The molecule has 0 fully saturated rings. The Morgan fingerprint density at radius 3 is 2.08 bits per heavy atom. The van der Waals surface area contributed by atoms with Crippen LogP contribution in [0.3, 0.4) is 0 Å². The maximum atomic E-state index is 15.1. The number of nitrogens with one attached hydrogen (secondary N) is 4. The van der Waals surface area contributed by atoms with Gasteiger partial charge in [0.15, 0.2) is 0 Å². The third-order valence-corrected chi connectivity index (χ3v) is 10.1. The molecule has 8 N–H and O–H groups in total. The Kier molecular flexibility index (Phi) is 18.6. The van der Waals surface area contributed by atoms with Gasteiger partial charge < -0.3 is 46.7 Å². The summed E-state index contributed by atoms with van der Waals surface area (Å²) < 4.78 is 31.3. The minimum Gasteiger partial charge on any atom is -0.480 e. The number of aliphatic hydroxyl groups excluding tert-OH is 1. The van der Waals surface area contributed by atoms with E-state index in [0.717, 1.165) is 23.8 Å². The maximum Gasteiger partial charge on any atom is 0.326 e. The van der Waals surface area contributed by atoms with Crippen molar-refractivity contribution in [2.24, 2.45) is 17.1 Å². The van der Waals surface area contributed by atoms with E-state index in [0.29, 0.717) is 37.1 Å². The van der Waals surface area contributed by atoms with E-state index in [1.54, 1.807) is 30.7 Å². The lowest BCUT2D eigenvalue weighted by Gasteiger charge is -2.41.